The molecule has 0 fully saturated rings. The molecule has 0 unspecified atom stereocenters. The molecule has 2 N–H and O–H groups in total. The van der Waals surface area contributed by atoms with Crippen LogP contribution in [0.25, 0.3) is 0 Å². The summed E-state index contributed by atoms with van der Waals surface area (Å²) in [5.41, 5.74) is 5.98. The molecule has 1 aromatic rings. The lowest BCUT2D eigenvalue weighted by Crippen LogP contribution is -2.34. The van der Waals surface area contributed by atoms with Crippen LogP contribution in [0.3, 0.4) is 0 Å². The van der Waals surface area contributed by atoms with Gasteiger partial charge in [0.05, 0.1) is 6.61 Å². The smallest absolute Gasteiger partial charge is 0.246 e. The van der Waals surface area contributed by atoms with Crippen LogP contribution in [0.2, 0.25) is 0 Å². The summed E-state index contributed by atoms with van der Waals surface area (Å²) in [6.07, 6.45) is 0. The maximum absolute atomic E-state index is 12.6. The third kappa shape index (κ3) is 4.11. The van der Waals surface area contributed by atoms with Crippen LogP contribution in [-0.4, -0.2) is 32.9 Å². The van der Waals surface area contributed by atoms with Crippen LogP contribution in [0, 0.1) is 5.41 Å². The zero-order chi connectivity index (χ0) is 15.6. The van der Waals surface area contributed by atoms with E-state index in [1.54, 1.807) is 19.2 Å². The van der Waals surface area contributed by atoms with E-state index < -0.39 is 10.0 Å². The number of sulfonamides is 1. The SMILES string of the molecule is CCOc1ccc(N)cc1S(=O)(=O)N(C)CC(C)(C)C. The van der Waals surface area contributed by atoms with E-state index in [-0.39, 0.29) is 10.3 Å². The van der Waals surface area contributed by atoms with Crippen LogP contribution in [0.1, 0.15) is 27.7 Å². The maximum Gasteiger partial charge on any atom is 0.246 e. The van der Waals surface area contributed by atoms with Crippen molar-refractivity contribution in [1.82, 2.24) is 4.31 Å². The third-order valence-corrected chi connectivity index (χ3v) is 4.48. The van der Waals surface area contributed by atoms with Gasteiger partial charge in [0.2, 0.25) is 10.0 Å². The van der Waals surface area contributed by atoms with Gasteiger partial charge in [-0.2, -0.15) is 0 Å². The normalized spacial score (nSPS) is 12.7. The Balaban J connectivity index is 3.23. The molecule has 0 saturated carbocycles. The number of hydrogen-bond donors (Lipinski definition) is 1. The third-order valence-electron chi connectivity index (χ3n) is 2.65. The molecule has 114 valence electrons. The predicted molar refractivity (Wildman–Crippen MR) is 81.3 cm³/mol. The van der Waals surface area contributed by atoms with Crippen LogP contribution in [-0.2, 0) is 10.0 Å². The van der Waals surface area contributed by atoms with E-state index in [9.17, 15) is 8.42 Å². The predicted octanol–water partition coefficient (Wildman–Crippen LogP) is 2.33. The molecule has 0 bridgehead atoms. The second-order valence-electron chi connectivity index (χ2n) is 5.96. The molecule has 1 aromatic carbocycles. The molecule has 0 amide bonds. The van der Waals surface area contributed by atoms with E-state index in [2.05, 4.69) is 0 Å². The van der Waals surface area contributed by atoms with E-state index in [4.69, 9.17) is 10.5 Å². The van der Waals surface area contributed by atoms with Gasteiger partial charge >= 0.3 is 0 Å². The summed E-state index contributed by atoms with van der Waals surface area (Å²) in [7, 11) is -2.05. The number of nitrogens with zero attached hydrogens (tertiary/aromatic N) is 1. The molecule has 6 heteroatoms. The number of nitrogens with two attached hydrogens (primary N) is 1. The summed E-state index contributed by atoms with van der Waals surface area (Å²) in [6, 6.07) is 4.67. The first-order valence-corrected chi connectivity index (χ1v) is 8.00. The first-order valence-electron chi connectivity index (χ1n) is 6.56. The highest BCUT2D eigenvalue weighted by atomic mass is 32.2. The largest absolute Gasteiger partial charge is 0.492 e. The fourth-order valence-corrected chi connectivity index (χ4v) is 3.48. The molecule has 0 atom stereocenters. The van der Waals surface area contributed by atoms with E-state index in [1.807, 2.05) is 27.7 Å². The Morgan fingerprint density at radius 1 is 1.30 bits per heavy atom. The lowest BCUT2D eigenvalue weighted by atomic mass is 9.97. The van der Waals surface area contributed by atoms with Gasteiger partial charge < -0.3 is 10.5 Å². The van der Waals surface area contributed by atoms with Crippen LogP contribution < -0.4 is 10.5 Å². The van der Waals surface area contributed by atoms with Crippen molar-refractivity contribution in [2.75, 3.05) is 25.9 Å². The van der Waals surface area contributed by atoms with Crippen molar-refractivity contribution in [3.8, 4) is 5.75 Å². The standard InChI is InChI=1S/C14H24N2O3S/c1-6-19-12-8-7-11(15)9-13(12)20(17,18)16(5)10-14(2,3)4/h7-9H,6,10,15H2,1-5H3. The lowest BCUT2D eigenvalue weighted by Gasteiger charge is -2.26. The van der Waals surface area contributed by atoms with E-state index >= 15 is 0 Å². The highest BCUT2D eigenvalue weighted by Gasteiger charge is 2.28. The Morgan fingerprint density at radius 2 is 1.90 bits per heavy atom. The van der Waals surface area contributed by atoms with Gasteiger partial charge in [0, 0.05) is 19.3 Å². The first-order chi connectivity index (χ1) is 9.08. The van der Waals surface area contributed by atoms with Crippen LogP contribution in [0.5, 0.6) is 5.75 Å². The fraction of sp³-hybridized carbons (Fsp3) is 0.571. The van der Waals surface area contributed by atoms with Gasteiger partial charge in [0.25, 0.3) is 0 Å². The highest BCUT2D eigenvalue weighted by Crippen LogP contribution is 2.30. The molecule has 0 aliphatic carbocycles. The van der Waals surface area contributed by atoms with E-state index in [1.165, 1.54) is 10.4 Å². The van der Waals surface area contributed by atoms with Gasteiger partial charge in [-0.05, 0) is 30.5 Å². The molecule has 0 aliphatic heterocycles. The molecule has 0 aromatic heterocycles. The Morgan fingerprint density at radius 3 is 2.40 bits per heavy atom. The number of nitrogen functional groups attached to an aromatic ring is 1. The zero-order valence-corrected chi connectivity index (χ0v) is 13.6. The molecule has 0 radical (unpaired) electrons. The lowest BCUT2D eigenvalue weighted by molar-refractivity contribution is 0.306. The Labute approximate surface area is 121 Å². The van der Waals surface area contributed by atoms with Crippen molar-refractivity contribution >= 4 is 15.7 Å². The summed E-state index contributed by atoms with van der Waals surface area (Å²) >= 11 is 0. The summed E-state index contributed by atoms with van der Waals surface area (Å²) in [4.78, 5) is 0.117. The summed E-state index contributed by atoms with van der Waals surface area (Å²) in [6.45, 7) is 8.59. The van der Waals surface area contributed by atoms with Gasteiger partial charge in [-0.1, -0.05) is 20.8 Å². The van der Waals surface area contributed by atoms with Crippen molar-refractivity contribution in [2.24, 2.45) is 5.41 Å². The Bertz CT molecular complexity index is 562. The fourth-order valence-electron chi connectivity index (χ4n) is 1.92. The topological polar surface area (TPSA) is 72.6 Å². The van der Waals surface area contributed by atoms with Gasteiger partial charge in [0.15, 0.2) is 0 Å². The first kappa shape index (κ1) is 16.8. The number of ether oxygens (including phenoxy) is 1. The van der Waals surface area contributed by atoms with Gasteiger partial charge in [0.1, 0.15) is 10.6 Å². The minimum Gasteiger partial charge on any atom is -0.492 e. The van der Waals surface area contributed by atoms with E-state index in [0.717, 1.165) is 0 Å². The molecular weight excluding hydrogens is 276 g/mol. The van der Waals surface area contributed by atoms with Gasteiger partial charge in [-0.25, -0.2) is 12.7 Å². The number of anilines is 1. The minimum absolute atomic E-state index is 0.117. The van der Waals surface area contributed by atoms with Crippen LogP contribution in [0.15, 0.2) is 23.1 Å². The molecular formula is C14H24N2O3S. The van der Waals surface area contributed by atoms with Crippen molar-refractivity contribution in [3.63, 3.8) is 0 Å². The number of rotatable bonds is 5. The zero-order valence-electron chi connectivity index (χ0n) is 12.8. The highest BCUT2D eigenvalue weighted by molar-refractivity contribution is 7.89. The summed E-state index contributed by atoms with van der Waals surface area (Å²) < 4.78 is 32.0. The number of benzene rings is 1. The molecule has 0 spiro atoms. The second kappa shape index (κ2) is 6.01. The average molecular weight is 300 g/mol. The summed E-state index contributed by atoms with van der Waals surface area (Å²) in [5, 5.41) is 0. The van der Waals surface area contributed by atoms with Crippen molar-refractivity contribution in [2.45, 2.75) is 32.6 Å². The molecule has 5 nitrogen and oxygen atoms in total. The second-order valence-corrected chi connectivity index (χ2v) is 7.97. The van der Waals surface area contributed by atoms with Crippen molar-refractivity contribution < 1.29 is 13.2 Å². The van der Waals surface area contributed by atoms with Gasteiger partial charge in [-0.15, -0.1) is 0 Å². The minimum atomic E-state index is -3.62. The quantitative estimate of drug-likeness (QED) is 0.847. The van der Waals surface area contributed by atoms with Crippen molar-refractivity contribution in [1.29, 1.82) is 0 Å². The van der Waals surface area contributed by atoms with Crippen molar-refractivity contribution in [3.05, 3.63) is 18.2 Å². The monoisotopic (exact) mass is 300 g/mol. The molecule has 20 heavy (non-hydrogen) atoms. The van der Waals surface area contributed by atoms with E-state index in [0.29, 0.717) is 24.6 Å². The average Bonchev–Trinajstić information content (AvgIpc) is 2.29. The van der Waals surface area contributed by atoms with Gasteiger partial charge in [-0.3, -0.25) is 0 Å². The van der Waals surface area contributed by atoms with Crippen LogP contribution in [0.4, 0.5) is 5.69 Å². The molecule has 0 saturated heterocycles. The van der Waals surface area contributed by atoms with Crippen LogP contribution >= 0.6 is 0 Å². The molecule has 0 heterocycles. The molecule has 1 rings (SSSR count). The Hall–Kier alpha value is -1.27. The maximum atomic E-state index is 12.6. The molecule has 0 aliphatic rings. The number of hydrogen-bond acceptors (Lipinski definition) is 4. The summed E-state index contributed by atoms with van der Waals surface area (Å²) in [5.74, 6) is 0.336. The Kier molecular flexibility index (Phi) is 5.05.